The van der Waals surface area contributed by atoms with E-state index in [2.05, 4.69) is 29.9 Å². The molecule has 1 aliphatic heterocycles. The molecule has 1 saturated heterocycles. The number of nitrogens with zero attached hydrogens (tertiary/aromatic N) is 2. The van der Waals surface area contributed by atoms with Gasteiger partial charge in [-0.05, 0) is 39.0 Å². The van der Waals surface area contributed by atoms with Crippen LogP contribution in [0.4, 0.5) is 0 Å². The van der Waals surface area contributed by atoms with Crippen LogP contribution in [0.5, 0.6) is 0 Å². The number of hydrogen-bond donors (Lipinski definition) is 0. The van der Waals surface area contributed by atoms with E-state index in [1.54, 1.807) is 11.8 Å². The Morgan fingerprint density at radius 1 is 1.13 bits per heavy atom. The molecule has 15 heavy (non-hydrogen) atoms. The van der Waals surface area contributed by atoms with Gasteiger partial charge in [-0.1, -0.05) is 0 Å². The van der Waals surface area contributed by atoms with E-state index in [-0.39, 0.29) is 0 Å². The van der Waals surface area contributed by atoms with E-state index in [1.807, 2.05) is 0 Å². The van der Waals surface area contributed by atoms with Gasteiger partial charge in [-0.15, -0.1) is 0 Å². The Hall–Kier alpha value is 0.270. The van der Waals surface area contributed by atoms with Crippen molar-refractivity contribution in [3.63, 3.8) is 0 Å². The molecule has 1 rings (SSSR count). The van der Waals surface area contributed by atoms with Crippen molar-refractivity contribution < 1.29 is 0 Å². The molecule has 3 heteroatoms. The lowest BCUT2D eigenvalue weighted by Gasteiger charge is -2.36. The van der Waals surface area contributed by atoms with Gasteiger partial charge < -0.3 is 4.90 Å². The van der Waals surface area contributed by atoms with Gasteiger partial charge in [0.1, 0.15) is 0 Å². The molecule has 0 bridgehead atoms. The average Bonchev–Trinajstić information content (AvgIpc) is 2.25. The van der Waals surface area contributed by atoms with Crippen LogP contribution in [0.25, 0.3) is 0 Å². The lowest BCUT2D eigenvalue weighted by Crippen LogP contribution is -2.48. The zero-order valence-electron chi connectivity index (χ0n) is 10.2. The van der Waals surface area contributed by atoms with Gasteiger partial charge in [-0.3, -0.25) is 4.90 Å². The molecule has 0 aliphatic carbocycles. The number of rotatable bonds is 6. The maximum Gasteiger partial charge on any atom is 0.0113 e. The molecule has 0 amide bonds. The summed E-state index contributed by atoms with van der Waals surface area (Å²) in [6.45, 7) is 10.9. The van der Waals surface area contributed by atoms with Gasteiger partial charge in [0.2, 0.25) is 0 Å². The predicted octanol–water partition coefficient (Wildman–Crippen LogP) is 2.32. The van der Waals surface area contributed by atoms with E-state index < -0.39 is 0 Å². The van der Waals surface area contributed by atoms with Crippen LogP contribution in [0.15, 0.2) is 0 Å². The highest BCUT2D eigenvalue weighted by Gasteiger charge is 2.17. The molecular weight excluding hydrogens is 204 g/mol. The Kier molecular flexibility index (Phi) is 6.69. The average molecular weight is 229 g/mol. The van der Waals surface area contributed by atoms with Gasteiger partial charge >= 0.3 is 0 Å². The van der Waals surface area contributed by atoms with Crippen molar-refractivity contribution in [2.45, 2.75) is 32.7 Å². The van der Waals surface area contributed by atoms with Crippen molar-refractivity contribution in [3.8, 4) is 0 Å². The molecule has 0 N–H and O–H groups in total. The van der Waals surface area contributed by atoms with Crippen molar-refractivity contribution >= 4 is 11.8 Å². The van der Waals surface area contributed by atoms with Gasteiger partial charge in [0.25, 0.3) is 0 Å². The van der Waals surface area contributed by atoms with Crippen molar-refractivity contribution in [3.05, 3.63) is 6.26 Å². The molecule has 2 nitrogen and oxygen atoms in total. The number of piperazine rings is 1. The molecule has 1 heterocycles. The first-order chi connectivity index (χ1) is 7.24. The summed E-state index contributed by atoms with van der Waals surface area (Å²) in [5.74, 6) is 1.21. The summed E-state index contributed by atoms with van der Waals surface area (Å²) in [7, 11) is 0. The minimum absolute atomic E-state index is 0.717. The summed E-state index contributed by atoms with van der Waals surface area (Å²) in [5.41, 5.74) is 0. The highest BCUT2D eigenvalue weighted by atomic mass is 32.2. The monoisotopic (exact) mass is 229 g/mol. The summed E-state index contributed by atoms with van der Waals surface area (Å²) in [4.78, 5) is 5.18. The molecule has 1 radical (unpaired) electrons. The molecule has 0 aromatic carbocycles. The van der Waals surface area contributed by atoms with Gasteiger partial charge in [0.05, 0.1) is 0 Å². The zero-order valence-corrected chi connectivity index (χ0v) is 11.1. The van der Waals surface area contributed by atoms with E-state index >= 15 is 0 Å². The molecule has 0 atom stereocenters. The SMILES string of the molecule is [CH2]SCCCCN1CCN(C(C)C)CC1. The van der Waals surface area contributed by atoms with E-state index in [0.717, 1.165) is 6.04 Å². The maximum absolute atomic E-state index is 3.80. The van der Waals surface area contributed by atoms with Crippen LogP contribution in [0.1, 0.15) is 26.7 Å². The second kappa shape index (κ2) is 7.53. The molecular formula is C12H25N2S. The Bertz CT molecular complexity index is 154. The molecule has 0 spiro atoms. The summed E-state index contributed by atoms with van der Waals surface area (Å²) in [6, 6.07) is 0.717. The van der Waals surface area contributed by atoms with Gasteiger partial charge in [0.15, 0.2) is 0 Å². The molecule has 0 aromatic rings. The van der Waals surface area contributed by atoms with E-state index in [9.17, 15) is 0 Å². The highest BCUT2D eigenvalue weighted by Crippen LogP contribution is 2.08. The number of unbranched alkanes of at least 4 members (excludes halogenated alkanes) is 1. The third-order valence-electron chi connectivity index (χ3n) is 3.15. The first-order valence-electron chi connectivity index (χ1n) is 6.07. The summed E-state index contributed by atoms with van der Waals surface area (Å²) in [6.07, 6.45) is 6.45. The third kappa shape index (κ3) is 5.23. The van der Waals surface area contributed by atoms with Crippen LogP contribution in [-0.4, -0.2) is 54.3 Å². The fourth-order valence-corrected chi connectivity index (χ4v) is 2.45. The van der Waals surface area contributed by atoms with E-state index in [1.165, 1.54) is 51.3 Å². The Balaban J connectivity index is 2.04. The normalized spacial score (nSPS) is 20.0. The smallest absolute Gasteiger partial charge is 0.0113 e. The summed E-state index contributed by atoms with van der Waals surface area (Å²) in [5, 5.41) is 0. The van der Waals surface area contributed by atoms with Crippen molar-refractivity contribution in [1.29, 1.82) is 0 Å². The maximum atomic E-state index is 3.80. The Labute approximate surface area is 99.4 Å². The lowest BCUT2D eigenvalue weighted by molar-refractivity contribution is 0.108. The quantitative estimate of drug-likeness (QED) is 0.645. The fourth-order valence-electron chi connectivity index (χ4n) is 2.04. The van der Waals surface area contributed by atoms with Gasteiger partial charge in [-0.2, -0.15) is 11.8 Å². The number of thioether (sulfide) groups is 1. The van der Waals surface area contributed by atoms with Crippen molar-refractivity contribution in [1.82, 2.24) is 9.80 Å². The first kappa shape index (κ1) is 13.3. The second-order valence-corrected chi connectivity index (χ2v) is 5.40. The molecule has 0 aromatic heterocycles. The lowest BCUT2D eigenvalue weighted by atomic mass is 10.2. The minimum atomic E-state index is 0.717. The first-order valence-corrected chi connectivity index (χ1v) is 7.23. The molecule has 0 unspecified atom stereocenters. The predicted molar refractivity (Wildman–Crippen MR) is 70.2 cm³/mol. The Morgan fingerprint density at radius 2 is 1.80 bits per heavy atom. The van der Waals surface area contributed by atoms with E-state index in [4.69, 9.17) is 0 Å². The molecule has 1 aliphatic rings. The largest absolute Gasteiger partial charge is 0.301 e. The second-order valence-electron chi connectivity index (χ2n) is 4.59. The molecule has 0 saturated carbocycles. The van der Waals surface area contributed by atoms with Crippen LogP contribution in [0, 0.1) is 6.26 Å². The zero-order chi connectivity index (χ0) is 11.1. The minimum Gasteiger partial charge on any atom is -0.301 e. The van der Waals surface area contributed by atoms with Gasteiger partial charge in [-0.25, -0.2) is 0 Å². The van der Waals surface area contributed by atoms with Crippen LogP contribution in [0.2, 0.25) is 0 Å². The highest BCUT2D eigenvalue weighted by molar-refractivity contribution is 8.00. The van der Waals surface area contributed by atoms with Gasteiger partial charge in [0, 0.05) is 38.5 Å². The van der Waals surface area contributed by atoms with Crippen LogP contribution >= 0.6 is 11.8 Å². The van der Waals surface area contributed by atoms with E-state index in [0.29, 0.717) is 0 Å². The van der Waals surface area contributed by atoms with Crippen molar-refractivity contribution in [2.24, 2.45) is 0 Å². The Morgan fingerprint density at radius 3 is 2.33 bits per heavy atom. The molecule has 89 valence electrons. The van der Waals surface area contributed by atoms with Crippen LogP contribution in [0.3, 0.4) is 0 Å². The molecule has 1 fully saturated rings. The number of hydrogen-bond acceptors (Lipinski definition) is 3. The summed E-state index contributed by atoms with van der Waals surface area (Å²) < 4.78 is 0. The van der Waals surface area contributed by atoms with Crippen LogP contribution in [-0.2, 0) is 0 Å². The topological polar surface area (TPSA) is 6.48 Å². The van der Waals surface area contributed by atoms with Crippen molar-refractivity contribution in [2.75, 3.05) is 38.5 Å². The van der Waals surface area contributed by atoms with Crippen LogP contribution < -0.4 is 0 Å². The third-order valence-corrected chi connectivity index (χ3v) is 3.73. The summed E-state index contributed by atoms with van der Waals surface area (Å²) >= 11 is 1.72. The fraction of sp³-hybridized carbons (Fsp3) is 0.917. The standard InChI is InChI=1S/C12H25N2S/c1-12(2)14-9-7-13(8-10-14)6-4-5-11-15-3/h12H,3-11H2,1-2H3.